The Morgan fingerprint density at radius 3 is 2.51 bits per heavy atom. The average molecular weight is 522 g/mol. The predicted octanol–water partition coefficient (Wildman–Crippen LogP) is 4.61. The SMILES string of the molecule is O=C(Nc1ccc(F)cc1F)N1CCOC2(CN(Cc3ccc(OC(F)(F)F)c(Cl)c3)CCO2)C1. The Morgan fingerprint density at radius 1 is 1.09 bits per heavy atom. The molecule has 1 atom stereocenters. The highest BCUT2D eigenvalue weighted by atomic mass is 35.5. The Morgan fingerprint density at radius 2 is 1.83 bits per heavy atom. The van der Waals surface area contributed by atoms with Crippen molar-refractivity contribution >= 4 is 23.3 Å². The van der Waals surface area contributed by atoms with Crippen molar-refractivity contribution in [1.29, 1.82) is 0 Å². The standard InChI is InChI=1S/C22H21ClF5N3O4/c23-16-9-14(1-4-19(16)35-22(26,27)28)11-30-5-7-33-21(12-30)13-31(6-8-34-21)20(32)29-18-3-2-15(24)10-17(18)25/h1-4,9-10H,5-8,11-13H2,(H,29,32). The second-order valence-corrected chi connectivity index (χ2v) is 8.51. The Bertz CT molecular complexity index is 1090. The molecule has 0 aliphatic carbocycles. The third kappa shape index (κ3) is 6.51. The maximum absolute atomic E-state index is 13.9. The maximum atomic E-state index is 13.9. The summed E-state index contributed by atoms with van der Waals surface area (Å²) in [5.74, 6) is -3.29. The van der Waals surface area contributed by atoms with Crippen LogP contribution in [0.4, 0.5) is 32.4 Å². The van der Waals surface area contributed by atoms with Crippen LogP contribution in [-0.2, 0) is 16.0 Å². The van der Waals surface area contributed by atoms with E-state index in [9.17, 15) is 26.7 Å². The summed E-state index contributed by atoms with van der Waals surface area (Å²) in [6.07, 6.45) is -4.85. The molecule has 13 heteroatoms. The Hall–Kier alpha value is -2.67. The summed E-state index contributed by atoms with van der Waals surface area (Å²) in [4.78, 5) is 16.1. The van der Waals surface area contributed by atoms with Crippen molar-refractivity contribution in [3.8, 4) is 5.75 Å². The molecule has 1 unspecified atom stereocenters. The molecule has 0 saturated carbocycles. The van der Waals surface area contributed by atoms with Gasteiger partial charge in [0.15, 0.2) is 5.79 Å². The van der Waals surface area contributed by atoms with Gasteiger partial charge in [0, 0.05) is 25.7 Å². The minimum Gasteiger partial charge on any atom is -0.404 e. The number of morpholine rings is 2. The summed E-state index contributed by atoms with van der Waals surface area (Å²) in [5, 5.41) is 2.25. The summed E-state index contributed by atoms with van der Waals surface area (Å²) < 4.78 is 80.0. The number of carbonyl (C=O) groups excluding carboxylic acids is 1. The van der Waals surface area contributed by atoms with Crippen LogP contribution in [0.3, 0.4) is 0 Å². The molecule has 2 aliphatic rings. The van der Waals surface area contributed by atoms with Crippen LogP contribution in [0.2, 0.25) is 5.02 Å². The first kappa shape index (κ1) is 25.4. The fraction of sp³-hybridized carbons (Fsp3) is 0.409. The first-order chi connectivity index (χ1) is 16.5. The van der Waals surface area contributed by atoms with Crippen LogP contribution in [-0.4, -0.2) is 67.4 Å². The second-order valence-electron chi connectivity index (χ2n) is 8.11. The van der Waals surface area contributed by atoms with Crippen LogP contribution in [0.1, 0.15) is 5.56 Å². The molecule has 0 radical (unpaired) electrons. The van der Waals surface area contributed by atoms with Gasteiger partial charge in [-0.15, -0.1) is 13.2 Å². The van der Waals surface area contributed by atoms with E-state index in [1.54, 1.807) is 0 Å². The van der Waals surface area contributed by atoms with Gasteiger partial charge in [-0.2, -0.15) is 0 Å². The monoisotopic (exact) mass is 521 g/mol. The number of anilines is 1. The van der Waals surface area contributed by atoms with Gasteiger partial charge in [-0.3, -0.25) is 4.90 Å². The van der Waals surface area contributed by atoms with E-state index < -0.39 is 35.6 Å². The van der Waals surface area contributed by atoms with Crippen molar-refractivity contribution in [2.45, 2.75) is 18.7 Å². The normalized spacial score (nSPS) is 21.3. The molecule has 2 amide bonds. The van der Waals surface area contributed by atoms with E-state index in [0.29, 0.717) is 24.7 Å². The van der Waals surface area contributed by atoms with E-state index in [4.69, 9.17) is 21.1 Å². The third-order valence-corrected chi connectivity index (χ3v) is 5.78. The predicted molar refractivity (Wildman–Crippen MR) is 115 cm³/mol. The molecule has 0 bridgehead atoms. The molecule has 7 nitrogen and oxygen atoms in total. The molecule has 2 fully saturated rings. The number of amides is 2. The number of hydrogen-bond acceptors (Lipinski definition) is 5. The number of nitrogens with zero attached hydrogens (tertiary/aromatic N) is 2. The number of alkyl halides is 3. The number of hydrogen-bond donors (Lipinski definition) is 1. The largest absolute Gasteiger partial charge is 0.573 e. The molecule has 0 aromatic heterocycles. The van der Waals surface area contributed by atoms with Crippen LogP contribution in [0, 0.1) is 11.6 Å². The molecule has 4 rings (SSSR count). The van der Waals surface area contributed by atoms with Crippen molar-refractivity contribution in [3.05, 3.63) is 58.6 Å². The van der Waals surface area contributed by atoms with Gasteiger partial charge in [-0.05, 0) is 29.8 Å². The Labute approximate surface area is 202 Å². The molecular formula is C22H21ClF5N3O4. The first-order valence-electron chi connectivity index (χ1n) is 10.6. The summed E-state index contributed by atoms with van der Waals surface area (Å²) in [7, 11) is 0. The lowest BCUT2D eigenvalue weighted by Gasteiger charge is -2.47. The van der Waals surface area contributed by atoms with Crippen LogP contribution >= 0.6 is 11.6 Å². The lowest BCUT2D eigenvalue weighted by atomic mass is 10.1. The van der Waals surface area contributed by atoms with Crippen molar-refractivity contribution in [2.24, 2.45) is 0 Å². The summed E-state index contributed by atoms with van der Waals surface area (Å²) >= 11 is 5.94. The van der Waals surface area contributed by atoms with E-state index >= 15 is 0 Å². The quantitative estimate of drug-likeness (QED) is 0.596. The van der Waals surface area contributed by atoms with Gasteiger partial charge in [0.25, 0.3) is 0 Å². The fourth-order valence-corrected chi connectivity index (χ4v) is 4.21. The number of carbonyl (C=O) groups is 1. The molecule has 2 saturated heterocycles. The number of ether oxygens (including phenoxy) is 3. The first-order valence-corrected chi connectivity index (χ1v) is 11.0. The van der Waals surface area contributed by atoms with Crippen molar-refractivity contribution in [1.82, 2.24) is 9.80 Å². The number of benzene rings is 2. The molecule has 1 N–H and O–H groups in total. The van der Waals surface area contributed by atoms with Crippen molar-refractivity contribution in [3.63, 3.8) is 0 Å². The maximum Gasteiger partial charge on any atom is 0.573 e. The van der Waals surface area contributed by atoms with Crippen LogP contribution < -0.4 is 10.1 Å². The second kappa shape index (κ2) is 10.1. The van der Waals surface area contributed by atoms with Gasteiger partial charge in [-0.25, -0.2) is 13.6 Å². The zero-order valence-corrected chi connectivity index (χ0v) is 19.0. The van der Waals surface area contributed by atoms with Crippen LogP contribution in [0.5, 0.6) is 5.75 Å². The van der Waals surface area contributed by atoms with Gasteiger partial charge in [0.05, 0.1) is 37.0 Å². The van der Waals surface area contributed by atoms with E-state index in [-0.39, 0.29) is 43.6 Å². The molecule has 2 heterocycles. The van der Waals surface area contributed by atoms with Crippen LogP contribution in [0.15, 0.2) is 36.4 Å². The van der Waals surface area contributed by atoms with Crippen molar-refractivity contribution < 1.29 is 41.0 Å². The zero-order valence-electron chi connectivity index (χ0n) is 18.2. The van der Waals surface area contributed by atoms with E-state index in [1.165, 1.54) is 17.0 Å². The van der Waals surface area contributed by atoms with E-state index in [2.05, 4.69) is 10.1 Å². The molecule has 2 aromatic carbocycles. The Balaban J connectivity index is 1.39. The molecule has 190 valence electrons. The molecule has 2 aliphatic heterocycles. The van der Waals surface area contributed by atoms with E-state index in [1.807, 2.05) is 4.90 Å². The third-order valence-electron chi connectivity index (χ3n) is 5.48. The number of rotatable bonds is 4. The lowest BCUT2D eigenvalue weighted by Crippen LogP contribution is -2.63. The number of urea groups is 1. The lowest BCUT2D eigenvalue weighted by molar-refractivity contribution is -0.287. The summed E-state index contributed by atoms with van der Waals surface area (Å²) in [6, 6.07) is 6.28. The smallest absolute Gasteiger partial charge is 0.404 e. The molecule has 1 spiro atoms. The van der Waals surface area contributed by atoms with Gasteiger partial charge in [0.1, 0.15) is 17.4 Å². The fourth-order valence-electron chi connectivity index (χ4n) is 3.97. The highest BCUT2D eigenvalue weighted by Gasteiger charge is 2.43. The van der Waals surface area contributed by atoms with Gasteiger partial charge >= 0.3 is 12.4 Å². The topological polar surface area (TPSA) is 63.3 Å². The number of halogens is 6. The average Bonchev–Trinajstić information content (AvgIpc) is 2.77. The highest BCUT2D eigenvalue weighted by molar-refractivity contribution is 6.32. The Kier molecular flexibility index (Phi) is 7.36. The van der Waals surface area contributed by atoms with Gasteiger partial charge < -0.3 is 24.4 Å². The van der Waals surface area contributed by atoms with Gasteiger partial charge in [0.2, 0.25) is 0 Å². The molecular weight excluding hydrogens is 501 g/mol. The minimum atomic E-state index is -4.85. The summed E-state index contributed by atoms with van der Waals surface area (Å²) in [6.45, 7) is 1.85. The minimum absolute atomic E-state index is 0.0528. The highest BCUT2D eigenvalue weighted by Crippen LogP contribution is 2.32. The molecule has 35 heavy (non-hydrogen) atoms. The summed E-state index contributed by atoms with van der Waals surface area (Å²) in [5.41, 5.74) is 0.497. The zero-order chi connectivity index (χ0) is 25.2. The number of nitrogens with one attached hydrogen (secondary N) is 1. The molecule has 2 aromatic rings. The van der Waals surface area contributed by atoms with Crippen LogP contribution in [0.25, 0.3) is 0 Å². The van der Waals surface area contributed by atoms with E-state index in [0.717, 1.165) is 18.2 Å². The van der Waals surface area contributed by atoms with Crippen molar-refractivity contribution in [2.75, 3.05) is 44.7 Å². The van der Waals surface area contributed by atoms with Gasteiger partial charge in [-0.1, -0.05) is 17.7 Å².